The summed E-state index contributed by atoms with van der Waals surface area (Å²) in [6, 6.07) is 13.1. The third kappa shape index (κ3) is 5.26. The molecule has 2 aromatic carbocycles. The summed E-state index contributed by atoms with van der Waals surface area (Å²) in [6.45, 7) is 2.42. The maximum atomic E-state index is 6.33. The van der Waals surface area contributed by atoms with Crippen molar-refractivity contribution in [1.29, 1.82) is 0 Å². The molecule has 2 heterocycles. The standard InChI is InChI=1S/C21H20ClN7O2/c1-14(12-29-13-25-27-28-29)31-20-8-15(6-7-19(20)22)16-10-23-21(24-11-16)26-17-4-3-5-18(9-17)30-2/h3-11,13-14H,12H2,1-2H3,(H,23,24,26). The number of aromatic nitrogens is 6. The molecule has 4 rings (SSSR count). The van der Waals surface area contributed by atoms with Gasteiger partial charge in [-0.15, -0.1) is 5.10 Å². The van der Waals surface area contributed by atoms with E-state index in [1.165, 1.54) is 6.33 Å². The van der Waals surface area contributed by atoms with Crippen molar-refractivity contribution in [3.05, 3.63) is 66.2 Å². The summed E-state index contributed by atoms with van der Waals surface area (Å²) in [5.74, 6) is 1.81. The first-order valence-electron chi connectivity index (χ1n) is 9.51. The van der Waals surface area contributed by atoms with E-state index in [0.717, 1.165) is 22.6 Å². The molecule has 0 aliphatic heterocycles. The fourth-order valence-electron chi connectivity index (χ4n) is 2.93. The number of rotatable bonds is 8. The van der Waals surface area contributed by atoms with Crippen LogP contribution in [0.3, 0.4) is 0 Å². The van der Waals surface area contributed by atoms with Crippen molar-refractivity contribution >= 4 is 23.2 Å². The highest BCUT2D eigenvalue weighted by molar-refractivity contribution is 6.32. The molecular formula is C21H20ClN7O2. The molecule has 158 valence electrons. The second-order valence-corrected chi connectivity index (χ2v) is 7.17. The molecule has 0 amide bonds. The summed E-state index contributed by atoms with van der Waals surface area (Å²) in [6.07, 6.45) is 4.85. The topological polar surface area (TPSA) is 99.9 Å². The number of nitrogens with one attached hydrogen (secondary N) is 1. The Morgan fingerprint density at radius 3 is 2.68 bits per heavy atom. The molecule has 0 fully saturated rings. The molecule has 1 atom stereocenters. The summed E-state index contributed by atoms with van der Waals surface area (Å²) in [5, 5.41) is 14.8. The molecule has 0 saturated carbocycles. The minimum absolute atomic E-state index is 0.179. The number of nitrogens with zero attached hydrogens (tertiary/aromatic N) is 6. The Hall–Kier alpha value is -3.72. The van der Waals surface area contributed by atoms with Crippen LogP contribution in [0.1, 0.15) is 6.92 Å². The third-order valence-electron chi connectivity index (χ3n) is 4.41. The van der Waals surface area contributed by atoms with Gasteiger partial charge >= 0.3 is 0 Å². The second-order valence-electron chi connectivity index (χ2n) is 6.76. The molecular weight excluding hydrogens is 418 g/mol. The zero-order valence-electron chi connectivity index (χ0n) is 16.9. The van der Waals surface area contributed by atoms with Gasteiger partial charge in [0, 0.05) is 29.7 Å². The van der Waals surface area contributed by atoms with Gasteiger partial charge < -0.3 is 14.8 Å². The first-order valence-corrected chi connectivity index (χ1v) is 9.89. The molecule has 0 aliphatic carbocycles. The van der Waals surface area contributed by atoms with Crippen LogP contribution in [0.25, 0.3) is 11.1 Å². The van der Waals surface area contributed by atoms with E-state index in [9.17, 15) is 0 Å². The van der Waals surface area contributed by atoms with Crippen LogP contribution >= 0.6 is 11.6 Å². The molecule has 9 nitrogen and oxygen atoms in total. The lowest BCUT2D eigenvalue weighted by Crippen LogP contribution is -2.20. The van der Waals surface area contributed by atoms with E-state index in [-0.39, 0.29) is 6.10 Å². The molecule has 1 unspecified atom stereocenters. The van der Waals surface area contributed by atoms with Crippen LogP contribution in [0.2, 0.25) is 5.02 Å². The fourth-order valence-corrected chi connectivity index (χ4v) is 3.09. The number of tetrazole rings is 1. The molecule has 0 radical (unpaired) electrons. The largest absolute Gasteiger partial charge is 0.497 e. The quantitative estimate of drug-likeness (QED) is 0.441. The first kappa shape index (κ1) is 20.5. The van der Waals surface area contributed by atoms with E-state index in [4.69, 9.17) is 21.1 Å². The number of hydrogen-bond donors (Lipinski definition) is 1. The van der Waals surface area contributed by atoms with Gasteiger partial charge in [0.05, 0.1) is 18.7 Å². The predicted molar refractivity (Wildman–Crippen MR) is 117 cm³/mol. The molecule has 31 heavy (non-hydrogen) atoms. The SMILES string of the molecule is COc1cccc(Nc2ncc(-c3ccc(Cl)c(OC(C)Cn4cnnn4)c3)cn2)c1. The van der Waals surface area contributed by atoms with E-state index in [2.05, 4.69) is 30.8 Å². The molecule has 0 saturated heterocycles. The molecule has 0 spiro atoms. The highest BCUT2D eigenvalue weighted by atomic mass is 35.5. The lowest BCUT2D eigenvalue weighted by Gasteiger charge is -2.16. The van der Waals surface area contributed by atoms with Gasteiger partial charge in [0.1, 0.15) is 23.9 Å². The van der Waals surface area contributed by atoms with Gasteiger partial charge in [-0.1, -0.05) is 23.7 Å². The zero-order chi connectivity index (χ0) is 21.6. The molecule has 0 aliphatic rings. The highest BCUT2D eigenvalue weighted by Gasteiger charge is 2.11. The van der Waals surface area contributed by atoms with Crippen LogP contribution < -0.4 is 14.8 Å². The van der Waals surface area contributed by atoms with Crippen LogP contribution in [-0.4, -0.2) is 43.4 Å². The number of hydrogen-bond acceptors (Lipinski definition) is 8. The van der Waals surface area contributed by atoms with Crippen LogP contribution in [0.15, 0.2) is 61.2 Å². The molecule has 2 aromatic heterocycles. The van der Waals surface area contributed by atoms with Gasteiger partial charge in [0.15, 0.2) is 0 Å². The van der Waals surface area contributed by atoms with E-state index < -0.39 is 0 Å². The van der Waals surface area contributed by atoms with Crippen molar-refractivity contribution in [3.63, 3.8) is 0 Å². The molecule has 4 aromatic rings. The average molecular weight is 438 g/mol. The maximum Gasteiger partial charge on any atom is 0.227 e. The molecule has 10 heteroatoms. The average Bonchev–Trinajstić information content (AvgIpc) is 3.29. The van der Waals surface area contributed by atoms with Crippen molar-refractivity contribution in [2.45, 2.75) is 19.6 Å². The zero-order valence-corrected chi connectivity index (χ0v) is 17.7. The Morgan fingerprint density at radius 2 is 1.94 bits per heavy atom. The number of benzene rings is 2. The Bertz CT molecular complexity index is 1140. The smallest absolute Gasteiger partial charge is 0.227 e. The number of anilines is 2. The van der Waals surface area contributed by atoms with Crippen LogP contribution in [0, 0.1) is 0 Å². The van der Waals surface area contributed by atoms with Gasteiger partial charge in [-0.3, -0.25) is 0 Å². The molecule has 0 bridgehead atoms. The van der Waals surface area contributed by atoms with Crippen molar-refractivity contribution in [1.82, 2.24) is 30.2 Å². The van der Waals surface area contributed by atoms with Gasteiger partial charge in [-0.25, -0.2) is 14.6 Å². The second kappa shape index (κ2) is 9.40. The Kier molecular flexibility index (Phi) is 6.23. The number of halogens is 1. The van der Waals surface area contributed by atoms with Gasteiger partial charge in [-0.2, -0.15) is 0 Å². The summed E-state index contributed by atoms with van der Waals surface area (Å²) in [5.41, 5.74) is 2.57. The van der Waals surface area contributed by atoms with Crippen molar-refractivity contribution in [2.24, 2.45) is 0 Å². The Morgan fingerprint density at radius 1 is 1.10 bits per heavy atom. The summed E-state index contributed by atoms with van der Waals surface area (Å²) < 4.78 is 12.8. The van der Waals surface area contributed by atoms with Crippen LogP contribution in [0.4, 0.5) is 11.6 Å². The van der Waals surface area contributed by atoms with E-state index >= 15 is 0 Å². The minimum Gasteiger partial charge on any atom is -0.497 e. The predicted octanol–water partition coefficient (Wildman–Crippen LogP) is 4.00. The minimum atomic E-state index is -0.179. The van der Waals surface area contributed by atoms with E-state index in [1.54, 1.807) is 30.3 Å². The van der Waals surface area contributed by atoms with Gasteiger partial charge in [-0.05, 0) is 47.2 Å². The van der Waals surface area contributed by atoms with Crippen molar-refractivity contribution in [3.8, 4) is 22.6 Å². The fraction of sp³-hybridized carbons (Fsp3) is 0.190. The van der Waals surface area contributed by atoms with E-state index in [1.807, 2.05) is 43.3 Å². The van der Waals surface area contributed by atoms with Crippen molar-refractivity contribution in [2.75, 3.05) is 12.4 Å². The van der Waals surface area contributed by atoms with E-state index in [0.29, 0.717) is 23.3 Å². The third-order valence-corrected chi connectivity index (χ3v) is 4.72. The lowest BCUT2D eigenvalue weighted by atomic mass is 10.1. The normalized spacial score (nSPS) is 11.7. The van der Waals surface area contributed by atoms with Crippen LogP contribution in [0.5, 0.6) is 11.5 Å². The first-order chi connectivity index (χ1) is 15.1. The van der Waals surface area contributed by atoms with Crippen molar-refractivity contribution < 1.29 is 9.47 Å². The highest BCUT2D eigenvalue weighted by Crippen LogP contribution is 2.31. The monoisotopic (exact) mass is 437 g/mol. The number of ether oxygens (including phenoxy) is 2. The molecule has 1 N–H and O–H groups in total. The summed E-state index contributed by atoms with van der Waals surface area (Å²) in [4.78, 5) is 8.81. The van der Waals surface area contributed by atoms with Gasteiger partial charge in [0.25, 0.3) is 0 Å². The lowest BCUT2D eigenvalue weighted by molar-refractivity contribution is 0.193. The summed E-state index contributed by atoms with van der Waals surface area (Å²) >= 11 is 6.33. The van der Waals surface area contributed by atoms with Crippen LogP contribution in [-0.2, 0) is 6.54 Å². The number of methoxy groups -OCH3 is 1. The summed E-state index contributed by atoms with van der Waals surface area (Å²) in [7, 11) is 1.63. The maximum absolute atomic E-state index is 6.33. The Balaban J connectivity index is 1.47. The van der Waals surface area contributed by atoms with Gasteiger partial charge in [0.2, 0.25) is 5.95 Å². The Labute approximate surface area is 184 Å².